The predicted molar refractivity (Wildman–Crippen MR) is 81.1 cm³/mol. The standard InChI is InChI=1S/C12H9N7O2S2/c22-11-9(13-6-20-11)18-2-1-8(15-18)5-17-3-4-19(16-17)10-12(23)21-7-14-10/h1-4,6-7H,5H2,(H-,16,22,23)/p+1. The number of hydrogen-bond acceptors (Lipinski definition) is 8. The van der Waals surface area contributed by atoms with Gasteiger partial charge in [-0.15, -0.1) is 17.3 Å². The van der Waals surface area contributed by atoms with Gasteiger partial charge in [0, 0.05) is 6.20 Å². The molecule has 0 spiro atoms. The van der Waals surface area contributed by atoms with E-state index in [2.05, 4.69) is 45.5 Å². The highest BCUT2D eigenvalue weighted by Crippen LogP contribution is 2.16. The van der Waals surface area contributed by atoms with Crippen LogP contribution in [0.25, 0.3) is 11.6 Å². The Kier molecular flexibility index (Phi) is 3.42. The molecule has 9 nitrogen and oxygen atoms in total. The Balaban J connectivity index is 1.55. The molecule has 0 fully saturated rings. The van der Waals surface area contributed by atoms with E-state index < -0.39 is 0 Å². The van der Waals surface area contributed by atoms with Gasteiger partial charge in [-0.25, -0.2) is 4.68 Å². The topological polar surface area (TPSA) is 91.6 Å². The van der Waals surface area contributed by atoms with Crippen molar-refractivity contribution in [1.29, 1.82) is 0 Å². The van der Waals surface area contributed by atoms with Gasteiger partial charge < -0.3 is 8.83 Å². The predicted octanol–water partition coefficient (Wildman–Crippen LogP) is 0.947. The van der Waals surface area contributed by atoms with Crippen LogP contribution in [0.2, 0.25) is 0 Å². The van der Waals surface area contributed by atoms with E-state index in [0.29, 0.717) is 28.4 Å². The lowest BCUT2D eigenvalue weighted by molar-refractivity contribution is -0.747. The molecule has 4 heterocycles. The Morgan fingerprint density at radius 1 is 1.00 bits per heavy atom. The maximum Gasteiger partial charge on any atom is 0.299 e. The van der Waals surface area contributed by atoms with Gasteiger partial charge in [0.15, 0.2) is 31.7 Å². The first-order valence-electron chi connectivity index (χ1n) is 6.46. The normalized spacial score (nSPS) is 11.2. The zero-order valence-electron chi connectivity index (χ0n) is 11.5. The van der Waals surface area contributed by atoms with E-state index in [1.54, 1.807) is 32.6 Å². The summed E-state index contributed by atoms with van der Waals surface area (Å²) in [5, 5.41) is 9.59. The molecule has 0 aliphatic rings. The van der Waals surface area contributed by atoms with Crippen molar-refractivity contribution in [1.82, 2.24) is 29.6 Å². The van der Waals surface area contributed by atoms with Crippen LogP contribution in [0, 0.1) is 0 Å². The quantitative estimate of drug-likeness (QED) is 0.421. The maximum atomic E-state index is 5.05. The molecule has 116 valence electrons. The fourth-order valence-electron chi connectivity index (χ4n) is 2.03. The first kappa shape index (κ1) is 14.1. The largest absolute Gasteiger partial charge is 0.435 e. The number of nitrogens with zero attached hydrogens (tertiary/aromatic N) is 7. The molecular weight excluding hydrogens is 338 g/mol. The fraction of sp³-hybridized carbons (Fsp3) is 0.0833. The first-order chi connectivity index (χ1) is 11.2. The number of thiol groups is 2. The summed E-state index contributed by atoms with van der Waals surface area (Å²) in [4.78, 5) is 8.11. The average molecular weight is 348 g/mol. The molecule has 4 aromatic rings. The van der Waals surface area contributed by atoms with Crippen LogP contribution in [0.1, 0.15) is 5.69 Å². The van der Waals surface area contributed by atoms with Crippen LogP contribution in [0.15, 0.2) is 56.5 Å². The molecule has 0 aliphatic carbocycles. The zero-order valence-corrected chi connectivity index (χ0v) is 13.3. The van der Waals surface area contributed by atoms with E-state index in [-0.39, 0.29) is 0 Å². The molecule has 4 rings (SSSR count). The zero-order chi connectivity index (χ0) is 15.8. The monoisotopic (exact) mass is 348 g/mol. The lowest BCUT2D eigenvalue weighted by Crippen LogP contribution is -2.36. The van der Waals surface area contributed by atoms with Gasteiger partial charge in [0.2, 0.25) is 16.0 Å². The Bertz CT molecular complexity index is 878. The summed E-state index contributed by atoms with van der Waals surface area (Å²) in [6.07, 6.45) is 7.99. The summed E-state index contributed by atoms with van der Waals surface area (Å²) >= 11 is 8.36. The summed E-state index contributed by atoms with van der Waals surface area (Å²) in [5.41, 5.74) is 0.808. The van der Waals surface area contributed by atoms with Gasteiger partial charge in [0.05, 0.1) is 5.21 Å². The lowest BCUT2D eigenvalue weighted by Gasteiger charge is -1.94. The summed E-state index contributed by atoms with van der Waals surface area (Å²) in [5.74, 6) is 1.07. The minimum Gasteiger partial charge on any atom is -0.435 e. The lowest BCUT2D eigenvalue weighted by atomic mass is 10.4. The summed E-state index contributed by atoms with van der Waals surface area (Å²) in [6.45, 7) is 0.486. The van der Waals surface area contributed by atoms with Gasteiger partial charge in [0.1, 0.15) is 5.69 Å². The maximum absolute atomic E-state index is 5.05. The average Bonchev–Trinajstić information content (AvgIpc) is 3.27. The van der Waals surface area contributed by atoms with E-state index in [9.17, 15) is 0 Å². The van der Waals surface area contributed by atoms with Crippen LogP contribution in [0.5, 0.6) is 0 Å². The highest BCUT2D eigenvalue weighted by molar-refractivity contribution is 7.80. The Morgan fingerprint density at radius 2 is 1.70 bits per heavy atom. The molecule has 11 heteroatoms. The van der Waals surface area contributed by atoms with Crippen LogP contribution in [0.3, 0.4) is 0 Å². The van der Waals surface area contributed by atoms with Gasteiger partial charge in [-0.3, -0.25) is 0 Å². The van der Waals surface area contributed by atoms with Crippen molar-refractivity contribution in [2.75, 3.05) is 0 Å². The first-order valence-corrected chi connectivity index (χ1v) is 7.36. The minimum absolute atomic E-state index is 0.400. The molecule has 23 heavy (non-hydrogen) atoms. The smallest absolute Gasteiger partial charge is 0.299 e. The van der Waals surface area contributed by atoms with Crippen LogP contribution in [-0.4, -0.2) is 29.6 Å². The summed E-state index contributed by atoms with van der Waals surface area (Å²) in [6, 6.07) is 1.87. The van der Waals surface area contributed by atoms with E-state index in [4.69, 9.17) is 8.83 Å². The molecule has 0 unspecified atom stereocenters. The van der Waals surface area contributed by atoms with Crippen LogP contribution >= 0.6 is 25.3 Å². The Labute approximate surface area is 140 Å². The van der Waals surface area contributed by atoms with E-state index >= 15 is 0 Å². The molecule has 0 N–H and O–H groups in total. The second-order valence-corrected chi connectivity index (χ2v) is 5.36. The molecule has 0 amide bonds. The van der Waals surface area contributed by atoms with Crippen molar-refractivity contribution in [3.8, 4) is 11.6 Å². The Hall–Kier alpha value is -2.53. The van der Waals surface area contributed by atoms with Crippen molar-refractivity contribution in [3.63, 3.8) is 0 Å². The molecule has 0 aliphatic heterocycles. The van der Waals surface area contributed by atoms with Gasteiger partial charge in [0.25, 0.3) is 5.82 Å². The summed E-state index contributed by atoms with van der Waals surface area (Å²) in [7, 11) is 0. The SMILES string of the molecule is Sc1ocnc1-n1ccc(C[n+]2ccn(-c3ncoc3S)n2)n1. The molecule has 0 aromatic carbocycles. The number of rotatable bonds is 4. The number of oxazole rings is 2. The van der Waals surface area contributed by atoms with Crippen molar-refractivity contribution in [3.05, 3.63) is 43.1 Å². The summed E-state index contributed by atoms with van der Waals surface area (Å²) < 4.78 is 15.0. The third-order valence-electron chi connectivity index (χ3n) is 3.05. The second kappa shape index (κ2) is 5.59. The molecule has 0 bridgehead atoms. The van der Waals surface area contributed by atoms with Gasteiger partial charge in [-0.05, 0) is 6.07 Å². The van der Waals surface area contributed by atoms with Crippen molar-refractivity contribution >= 4 is 25.3 Å². The van der Waals surface area contributed by atoms with E-state index in [1.165, 1.54) is 12.8 Å². The van der Waals surface area contributed by atoms with Crippen molar-refractivity contribution < 1.29 is 13.5 Å². The van der Waals surface area contributed by atoms with E-state index in [1.807, 2.05) is 6.07 Å². The molecule has 0 saturated heterocycles. The third-order valence-corrected chi connectivity index (χ3v) is 3.67. The molecule has 0 saturated carbocycles. The molecule has 4 aromatic heterocycles. The van der Waals surface area contributed by atoms with Crippen molar-refractivity contribution in [2.24, 2.45) is 0 Å². The minimum atomic E-state index is 0.400. The highest BCUT2D eigenvalue weighted by Gasteiger charge is 2.17. The van der Waals surface area contributed by atoms with Crippen LogP contribution in [-0.2, 0) is 6.54 Å². The van der Waals surface area contributed by atoms with Gasteiger partial charge >= 0.3 is 0 Å². The number of aromatic nitrogens is 7. The van der Waals surface area contributed by atoms with Gasteiger partial charge in [-0.2, -0.15) is 15.1 Å². The molecule has 0 atom stereocenters. The van der Waals surface area contributed by atoms with Crippen LogP contribution < -0.4 is 4.68 Å². The number of hydrogen-bond donors (Lipinski definition) is 2. The molecular formula is C12H10N7O2S2+. The van der Waals surface area contributed by atoms with Crippen molar-refractivity contribution in [2.45, 2.75) is 16.7 Å². The van der Waals surface area contributed by atoms with E-state index in [0.717, 1.165) is 5.69 Å². The third kappa shape index (κ3) is 2.64. The second-order valence-electron chi connectivity index (χ2n) is 4.54. The van der Waals surface area contributed by atoms with Crippen LogP contribution in [0.4, 0.5) is 0 Å². The highest BCUT2D eigenvalue weighted by atomic mass is 32.1. The molecule has 0 radical (unpaired) electrons. The van der Waals surface area contributed by atoms with Gasteiger partial charge in [-0.1, -0.05) is 17.3 Å². The fourth-order valence-corrected chi connectivity index (χ4v) is 2.45. The Morgan fingerprint density at radius 3 is 2.35 bits per heavy atom.